The van der Waals surface area contributed by atoms with Gasteiger partial charge in [0.25, 0.3) is 5.91 Å². The number of halogens is 2. The maximum atomic E-state index is 10.9. The number of phenols is 1. The topological polar surface area (TPSA) is 87.1 Å². The maximum Gasteiger partial charge on any atom is 0.259 e. The van der Waals surface area contributed by atoms with E-state index in [1.807, 2.05) is 22.6 Å². The minimum Gasteiger partial charge on any atom is -0.506 e. The fourth-order valence-electron chi connectivity index (χ4n) is 1.01. The molecule has 0 aromatic heterocycles. The van der Waals surface area contributed by atoms with Crippen LogP contribution < -0.4 is 5.73 Å². The van der Waals surface area contributed by atoms with Crippen molar-refractivity contribution in [3.05, 3.63) is 30.4 Å². The Bertz CT molecular complexity index is 518. The van der Waals surface area contributed by atoms with Crippen molar-refractivity contribution in [2.24, 2.45) is 5.73 Å². The second-order valence-electron chi connectivity index (χ2n) is 2.86. The summed E-state index contributed by atoms with van der Waals surface area (Å²) in [5.74, 6) is -0.772. The number of carbonyl (C=O) groups excluding carboxylic acids is 1. The molecule has 0 heterocycles. The van der Waals surface area contributed by atoms with Crippen LogP contribution in [0.4, 0.5) is 0 Å². The van der Waals surface area contributed by atoms with Gasteiger partial charge in [0.1, 0.15) is 17.4 Å². The van der Waals surface area contributed by atoms with Crippen molar-refractivity contribution in [3.63, 3.8) is 0 Å². The number of aromatic hydroxyl groups is 1. The fraction of sp³-hybridized carbons (Fsp3) is 0. The van der Waals surface area contributed by atoms with Crippen LogP contribution in [0.2, 0.25) is 0 Å². The molecule has 0 aliphatic carbocycles. The zero-order valence-corrected chi connectivity index (χ0v) is 12.2. The first-order chi connectivity index (χ1) is 7.45. The molecule has 1 aromatic rings. The summed E-state index contributed by atoms with van der Waals surface area (Å²) in [4.78, 5) is 10.9. The van der Waals surface area contributed by atoms with Gasteiger partial charge in [0.05, 0.1) is 3.57 Å². The number of rotatable bonds is 2. The van der Waals surface area contributed by atoms with Gasteiger partial charge in [-0.05, 0) is 63.4 Å². The van der Waals surface area contributed by atoms with Crippen LogP contribution in [0.15, 0.2) is 17.7 Å². The molecule has 4 nitrogen and oxygen atoms in total. The van der Waals surface area contributed by atoms with E-state index in [-0.39, 0.29) is 11.3 Å². The van der Waals surface area contributed by atoms with Gasteiger partial charge in [-0.1, -0.05) is 0 Å². The number of benzene rings is 1. The maximum absolute atomic E-state index is 10.9. The van der Waals surface area contributed by atoms with Crippen LogP contribution >= 0.6 is 45.2 Å². The van der Waals surface area contributed by atoms with Gasteiger partial charge in [-0.3, -0.25) is 4.79 Å². The predicted molar refractivity (Wildman–Crippen MR) is 76.3 cm³/mol. The van der Waals surface area contributed by atoms with Crippen molar-refractivity contribution >= 4 is 57.2 Å². The Morgan fingerprint density at radius 2 is 2.12 bits per heavy atom. The second kappa shape index (κ2) is 5.49. The molecule has 0 spiro atoms. The molecule has 0 atom stereocenters. The van der Waals surface area contributed by atoms with Gasteiger partial charge in [0, 0.05) is 9.13 Å². The van der Waals surface area contributed by atoms with Gasteiger partial charge >= 0.3 is 0 Å². The van der Waals surface area contributed by atoms with Crippen molar-refractivity contribution in [2.45, 2.75) is 0 Å². The van der Waals surface area contributed by atoms with E-state index in [2.05, 4.69) is 22.6 Å². The van der Waals surface area contributed by atoms with Crippen LogP contribution in [0.25, 0.3) is 6.08 Å². The number of amides is 1. The van der Waals surface area contributed by atoms with Gasteiger partial charge < -0.3 is 10.8 Å². The number of hydrogen-bond donors (Lipinski definition) is 2. The van der Waals surface area contributed by atoms with E-state index in [4.69, 9.17) is 11.0 Å². The van der Waals surface area contributed by atoms with Crippen molar-refractivity contribution in [2.75, 3.05) is 0 Å². The zero-order valence-electron chi connectivity index (χ0n) is 7.87. The van der Waals surface area contributed by atoms with Crippen molar-refractivity contribution in [1.29, 1.82) is 5.26 Å². The van der Waals surface area contributed by atoms with Crippen LogP contribution in [0, 0.1) is 18.5 Å². The summed E-state index contributed by atoms with van der Waals surface area (Å²) >= 11 is 4.05. The van der Waals surface area contributed by atoms with Crippen molar-refractivity contribution in [1.82, 2.24) is 0 Å². The number of hydrogen-bond acceptors (Lipinski definition) is 3. The van der Waals surface area contributed by atoms with Gasteiger partial charge in [-0.25, -0.2) is 0 Å². The number of nitriles is 1. The third-order valence-corrected chi connectivity index (χ3v) is 3.19. The molecule has 0 saturated carbocycles. The van der Waals surface area contributed by atoms with Crippen LogP contribution in [0.1, 0.15) is 5.56 Å². The summed E-state index contributed by atoms with van der Waals surface area (Å²) in [5, 5.41) is 18.4. The molecule has 0 unspecified atom stereocenters. The second-order valence-corrected chi connectivity index (χ2v) is 5.27. The lowest BCUT2D eigenvalue weighted by molar-refractivity contribution is -0.114. The van der Waals surface area contributed by atoms with Gasteiger partial charge in [-0.15, -0.1) is 0 Å². The van der Waals surface area contributed by atoms with Crippen molar-refractivity contribution in [3.8, 4) is 11.8 Å². The average molecular weight is 440 g/mol. The number of nitrogens with zero attached hydrogens (tertiary/aromatic N) is 1. The Kier molecular flexibility index (Phi) is 4.55. The van der Waals surface area contributed by atoms with Crippen LogP contribution in [-0.4, -0.2) is 11.0 Å². The van der Waals surface area contributed by atoms with E-state index in [0.717, 1.165) is 3.57 Å². The van der Waals surface area contributed by atoms with Crippen LogP contribution in [-0.2, 0) is 4.79 Å². The highest BCUT2D eigenvalue weighted by molar-refractivity contribution is 14.1. The third kappa shape index (κ3) is 3.08. The molecule has 16 heavy (non-hydrogen) atoms. The monoisotopic (exact) mass is 440 g/mol. The Hall–Kier alpha value is -0.820. The quantitative estimate of drug-likeness (QED) is 0.419. The zero-order chi connectivity index (χ0) is 12.3. The lowest BCUT2D eigenvalue weighted by Crippen LogP contribution is -2.12. The van der Waals surface area contributed by atoms with E-state index in [9.17, 15) is 9.90 Å². The first-order valence-electron chi connectivity index (χ1n) is 4.05. The summed E-state index contributed by atoms with van der Waals surface area (Å²) in [5.41, 5.74) is 5.23. The van der Waals surface area contributed by atoms with Crippen LogP contribution in [0.3, 0.4) is 0 Å². The van der Waals surface area contributed by atoms with Gasteiger partial charge in [0.2, 0.25) is 0 Å². The number of carbonyl (C=O) groups is 1. The molecule has 0 fully saturated rings. The molecular weight excluding hydrogens is 434 g/mol. The average Bonchev–Trinajstić information content (AvgIpc) is 2.20. The van der Waals surface area contributed by atoms with Gasteiger partial charge in [-0.2, -0.15) is 5.26 Å². The van der Waals surface area contributed by atoms with E-state index in [1.54, 1.807) is 18.2 Å². The molecule has 3 N–H and O–H groups in total. The molecule has 1 amide bonds. The molecule has 82 valence electrons. The standard InChI is InChI=1S/C10H6I2N2O2/c11-7-2-5(9(15)8(12)3-7)1-6(4-13)10(14)16/h1-3,15H,(H2,14,16)/b6-1+. The largest absolute Gasteiger partial charge is 0.506 e. The minimum absolute atomic E-state index is 0.0371. The SMILES string of the molecule is N#C/C(=C\c1cc(I)cc(I)c1O)C(N)=O. The summed E-state index contributed by atoms with van der Waals surface area (Å²) in [6, 6.07) is 5.13. The molecule has 6 heteroatoms. The Labute approximate surface area is 119 Å². The number of phenolic OH excluding ortho intramolecular Hbond substituents is 1. The molecule has 0 radical (unpaired) electrons. The normalized spacial score (nSPS) is 10.9. The first kappa shape index (κ1) is 13.2. The van der Waals surface area contributed by atoms with E-state index < -0.39 is 5.91 Å². The molecule has 0 saturated heterocycles. The third-order valence-electron chi connectivity index (χ3n) is 1.74. The first-order valence-corrected chi connectivity index (χ1v) is 6.21. The van der Waals surface area contributed by atoms with Gasteiger partial charge in [0.15, 0.2) is 0 Å². The number of primary amides is 1. The summed E-state index contributed by atoms with van der Waals surface area (Å²) < 4.78 is 1.55. The Balaban J connectivity index is 3.35. The fourth-order valence-corrected chi connectivity index (χ4v) is 2.90. The molecular formula is C10H6I2N2O2. The van der Waals surface area contributed by atoms with E-state index in [1.165, 1.54) is 6.08 Å². The highest BCUT2D eigenvalue weighted by Crippen LogP contribution is 2.28. The smallest absolute Gasteiger partial charge is 0.259 e. The molecule has 1 aromatic carbocycles. The lowest BCUT2D eigenvalue weighted by atomic mass is 10.1. The Morgan fingerprint density at radius 1 is 1.50 bits per heavy atom. The molecule has 1 rings (SSSR count). The predicted octanol–water partition coefficient (Wildman–Crippen LogP) is 1.99. The summed E-state index contributed by atoms with van der Waals surface area (Å²) in [6.07, 6.45) is 1.28. The minimum atomic E-state index is -0.809. The highest BCUT2D eigenvalue weighted by atomic mass is 127. The highest BCUT2D eigenvalue weighted by Gasteiger charge is 2.09. The molecule has 0 aliphatic heterocycles. The molecule has 0 bridgehead atoms. The lowest BCUT2D eigenvalue weighted by Gasteiger charge is -2.03. The summed E-state index contributed by atoms with van der Waals surface area (Å²) in [7, 11) is 0. The Morgan fingerprint density at radius 3 is 2.62 bits per heavy atom. The number of nitrogens with two attached hydrogens (primary N) is 1. The van der Waals surface area contributed by atoms with E-state index >= 15 is 0 Å². The van der Waals surface area contributed by atoms with E-state index in [0.29, 0.717) is 9.13 Å². The van der Waals surface area contributed by atoms with Crippen molar-refractivity contribution < 1.29 is 9.90 Å². The molecule has 0 aliphatic rings. The summed E-state index contributed by atoms with van der Waals surface area (Å²) in [6.45, 7) is 0. The van der Waals surface area contributed by atoms with Crippen LogP contribution in [0.5, 0.6) is 5.75 Å².